The molecule has 1 amide bonds. The largest absolute Gasteiger partial charge is 0.325 e. The molecular weight excluding hydrogens is 351 g/mol. The van der Waals surface area contributed by atoms with E-state index in [1.165, 1.54) is 23.9 Å². The zero-order valence-electron chi connectivity index (χ0n) is 14.8. The van der Waals surface area contributed by atoms with Gasteiger partial charge < -0.3 is 5.32 Å². The predicted octanol–water partition coefficient (Wildman–Crippen LogP) is 4.06. The van der Waals surface area contributed by atoms with Crippen LogP contribution in [0, 0.1) is 26.6 Å². The van der Waals surface area contributed by atoms with Crippen molar-refractivity contribution in [1.29, 1.82) is 0 Å². The monoisotopic (exact) mass is 370 g/mol. The number of aromatic nitrogens is 3. The lowest BCUT2D eigenvalue weighted by atomic mass is 10.1. The van der Waals surface area contributed by atoms with Crippen molar-refractivity contribution >= 4 is 23.4 Å². The number of hydrogen-bond acceptors (Lipinski definition) is 4. The van der Waals surface area contributed by atoms with Gasteiger partial charge in [0.05, 0.1) is 5.75 Å². The van der Waals surface area contributed by atoms with Crippen LogP contribution >= 0.6 is 11.8 Å². The van der Waals surface area contributed by atoms with E-state index < -0.39 is 0 Å². The Balaban J connectivity index is 1.71. The summed E-state index contributed by atoms with van der Waals surface area (Å²) in [7, 11) is 0. The fraction of sp³-hybridized carbons (Fsp3) is 0.211. The Bertz CT molecular complexity index is 937. The maximum absolute atomic E-state index is 13.2. The Kier molecular flexibility index (Phi) is 5.37. The molecule has 0 aliphatic carbocycles. The van der Waals surface area contributed by atoms with E-state index >= 15 is 0 Å². The highest BCUT2D eigenvalue weighted by molar-refractivity contribution is 7.99. The van der Waals surface area contributed by atoms with Crippen LogP contribution in [0.3, 0.4) is 0 Å². The Morgan fingerprint density at radius 2 is 1.85 bits per heavy atom. The SMILES string of the molecule is Cc1cccc(NC(=O)CSc2nnc(C)n2-c2ccc(F)cc2)c1C. The number of thioether (sulfide) groups is 1. The van der Waals surface area contributed by atoms with E-state index in [0.717, 1.165) is 22.5 Å². The summed E-state index contributed by atoms with van der Waals surface area (Å²) in [4.78, 5) is 12.3. The number of benzene rings is 2. The maximum atomic E-state index is 13.2. The first-order valence-corrected chi connectivity index (χ1v) is 9.11. The predicted molar refractivity (Wildman–Crippen MR) is 101 cm³/mol. The van der Waals surface area contributed by atoms with Crippen LogP contribution in [0.15, 0.2) is 47.6 Å². The molecule has 5 nitrogen and oxygen atoms in total. The first kappa shape index (κ1) is 18.1. The van der Waals surface area contributed by atoms with Gasteiger partial charge in [0.15, 0.2) is 5.16 Å². The molecule has 2 aromatic carbocycles. The van der Waals surface area contributed by atoms with Crippen molar-refractivity contribution in [2.24, 2.45) is 0 Å². The quantitative estimate of drug-likeness (QED) is 0.688. The van der Waals surface area contributed by atoms with E-state index in [1.807, 2.05) is 39.0 Å². The fourth-order valence-corrected chi connectivity index (χ4v) is 3.32. The van der Waals surface area contributed by atoms with Crippen LogP contribution in [-0.4, -0.2) is 26.4 Å². The van der Waals surface area contributed by atoms with Crippen molar-refractivity contribution < 1.29 is 9.18 Å². The molecule has 0 unspecified atom stereocenters. The van der Waals surface area contributed by atoms with Crippen molar-refractivity contribution in [3.05, 3.63) is 65.2 Å². The number of hydrogen-bond donors (Lipinski definition) is 1. The molecule has 0 fully saturated rings. The van der Waals surface area contributed by atoms with Crippen LogP contribution in [0.5, 0.6) is 0 Å². The van der Waals surface area contributed by atoms with Crippen LogP contribution in [0.1, 0.15) is 17.0 Å². The van der Waals surface area contributed by atoms with Gasteiger partial charge in [0.25, 0.3) is 0 Å². The fourth-order valence-electron chi connectivity index (χ4n) is 2.53. The summed E-state index contributed by atoms with van der Waals surface area (Å²) in [5.41, 5.74) is 3.75. The topological polar surface area (TPSA) is 59.8 Å². The van der Waals surface area contributed by atoms with Gasteiger partial charge in [-0.1, -0.05) is 23.9 Å². The molecule has 134 valence electrons. The average molecular weight is 370 g/mol. The van der Waals surface area contributed by atoms with E-state index in [1.54, 1.807) is 16.7 Å². The van der Waals surface area contributed by atoms with Gasteiger partial charge in [-0.25, -0.2) is 4.39 Å². The minimum Gasteiger partial charge on any atom is -0.325 e. The third kappa shape index (κ3) is 3.94. The number of nitrogens with one attached hydrogen (secondary N) is 1. The number of rotatable bonds is 5. The van der Waals surface area contributed by atoms with Gasteiger partial charge in [-0.2, -0.15) is 0 Å². The van der Waals surface area contributed by atoms with E-state index in [2.05, 4.69) is 15.5 Å². The van der Waals surface area contributed by atoms with Crippen LogP contribution in [0.2, 0.25) is 0 Å². The highest BCUT2D eigenvalue weighted by atomic mass is 32.2. The standard InChI is InChI=1S/C19H19FN4OS/c1-12-5-4-6-17(13(12)2)21-18(25)11-26-19-23-22-14(3)24(19)16-9-7-15(20)8-10-16/h4-10H,11H2,1-3H3,(H,21,25). The lowest BCUT2D eigenvalue weighted by Gasteiger charge is -2.11. The van der Waals surface area contributed by atoms with E-state index in [0.29, 0.717) is 11.0 Å². The molecule has 0 spiro atoms. The van der Waals surface area contributed by atoms with Crippen LogP contribution in [-0.2, 0) is 4.79 Å². The first-order valence-electron chi connectivity index (χ1n) is 8.12. The van der Waals surface area contributed by atoms with Gasteiger partial charge >= 0.3 is 0 Å². The van der Waals surface area contributed by atoms with Gasteiger partial charge in [-0.3, -0.25) is 9.36 Å². The van der Waals surface area contributed by atoms with Crippen LogP contribution < -0.4 is 5.32 Å². The Morgan fingerprint density at radius 3 is 2.58 bits per heavy atom. The lowest BCUT2D eigenvalue weighted by Crippen LogP contribution is -2.15. The number of aryl methyl sites for hydroxylation is 2. The van der Waals surface area contributed by atoms with E-state index in [9.17, 15) is 9.18 Å². The summed E-state index contributed by atoms with van der Waals surface area (Å²) >= 11 is 1.29. The molecule has 0 atom stereocenters. The molecule has 0 aliphatic heterocycles. The number of nitrogens with zero attached hydrogens (tertiary/aromatic N) is 3. The summed E-state index contributed by atoms with van der Waals surface area (Å²) in [6.45, 7) is 5.80. The number of carbonyl (C=O) groups excluding carboxylic acids is 1. The number of amides is 1. The normalized spacial score (nSPS) is 10.8. The van der Waals surface area contributed by atoms with Crippen molar-refractivity contribution in [3.8, 4) is 5.69 Å². The lowest BCUT2D eigenvalue weighted by molar-refractivity contribution is -0.113. The Hall–Kier alpha value is -2.67. The smallest absolute Gasteiger partial charge is 0.234 e. The molecule has 1 heterocycles. The molecule has 0 saturated heterocycles. The molecule has 26 heavy (non-hydrogen) atoms. The Morgan fingerprint density at radius 1 is 1.12 bits per heavy atom. The van der Waals surface area contributed by atoms with Crippen molar-refractivity contribution in [1.82, 2.24) is 14.8 Å². The van der Waals surface area contributed by atoms with Gasteiger partial charge in [0.1, 0.15) is 11.6 Å². The second kappa shape index (κ2) is 7.70. The van der Waals surface area contributed by atoms with Gasteiger partial charge in [0.2, 0.25) is 5.91 Å². The summed E-state index contributed by atoms with van der Waals surface area (Å²) in [6, 6.07) is 11.9. The zero-order valence-corrected chi connectivity index (χ0v) is 15.6. The van der Waals surface area contributed by atoms with E-state index in [4.69, 9.17) is 0 Å². The van der Waals surface area contributed by atoms with Gasteiger partial charge in [-0.15, -0.1) is 10.2 Å². The number of anilines is 1. The first-order chi connectivity index (χ1) is 12.5. The molecule has 0 bridgehead atoms. The third-order valence-electron chi connectivity index (χ3n) is 4.09. The summed E-state index contributed by atoms with van der Waals surface area (Å²) in [5, 5.41) is 11.7. The maximum Gasteiger partial charge on any atom is 0.234 e. The molecule has 7 heteroatoms. The molecule has 3 aromatic rings. The minimum atomic E-state index is -0.304. The second-order valence-corrected chi connectivity index (χ2v) is 6.87. The van der Waals surface area contributed by atoms with Gasteiger partial charge in [0, 0.05) is 11.4 Å². The molecule has 0 aliphatic rings. The van der Waals surface area contributed by atoms with Crippen molar-refractivity contribution in [3.63, 3.8) is 0 Å². The average Bonchev–Trinajstić information content (AvgIpc) is 2.99. The molecular formula is C19H19FN4OS. The van der Waals surface area contributed by atoms with Gasteiger partial charge in [-0.05, 0) is 62.2 Å². The van der Waals surface area contributed by atoms with Crippen LogP contribution in [0.25, 0.3) is 5.69 Å². The minimum absolute atomic E-state index is 0.116. The number of halogens is 1. The molecule has 1 aromatic heterocycles. The molecule has 0 radical (unpaired) electrons. The van der Waals surface area contributed by atoms with Crippen LogP contribution in [0.4, 0.5) is 10.1 Å². The molecule has 0 saturated carbocycles. The summed E-state index contributed by atoms with van der Waals surface area (Å²) in [5.74, 6) is 0.456. The molecule has 3 rings (SSSR count). The van der Waals surface area contributed by atoms with Crippen molar-refractivity contribution in [2.45, 2.75) is 25.9 Å². The highest BCUT2D eigenvalue weighted by Gasteiger charge is 2.14. The molecule has 1 N–H and O–H groups in total. The third-order valence-corrected chi connectivity index (χ3v) is 5.02. The van der Waals surface area contributed by atoms with Crippen molar-refractivity contribution in [2.75, 3.05) is 11.1 Å². The second-order valence-electron chi connectivity index (χ2n) is 5.93. The van der Waals surface area contributed by atoms with E-state index in [-0.39, 0.29) is 17.5 Å². The number of carbonyl (C=O) groups is 1. The Labute approximate surface area is 155 Å². The highest BCUT2D eigenvalue weighted by Crippen LogP contribution is 2.23. The zero-order chi connectivity index (χ0) is 18.7. The summed E-state index contributed by atoms with van der Waals surface area (Å²) in [6.07, 6.45) is 0. The summed E-state index contributed by atoms with van der Waals surface area (Å²) < 4.78 is 15.0.